The van der Waals surface area contributed by atoms with Crippen LogP contribution in [0.2, 0.25) is 0 Å². The summed E-state index contributed by atoms with van der Waals surface area (Å²) >= 11 is 0. The van der Waals surface area contributed by atoms with Crippen molar-refractivity contribution in [3.05, 3.63) is 34.5 Å². The molecule has 1 saturated heterocycles. The molecule has 90 valence electrons. The van der Waals surface area contributed by atoms with E-state index >= 15 is 0 Å². The maximum Gasteiger partial charge on any atom is 0.326 e. The fourth-order valence-corrected chi connectivity index (χ4v) is 2.34. The number of imidazole rings is 1. The molecule has 1 aromatic carbocycles. The number of hydrogen-bond acceptors (Lipinski definition) is 2. The highest BCUT2D eigenvalue weighted by Gasteiger charge is 2.19. The predicted molar refractivity (Wildman–Crippen MR) is 61.5 cm³/mol. The summed E-state index contributed by atoms with van der Waals surface area (Å²) in [5.41, 5.74) is 0.599. The number of nitrogens with one attached hydrogen (secondary N) is 1. The molecule has 1 aliphatic rings. The van der Waals surface area contributed by atoms with Crippen LogP contribution in [0.5, 0.6) is 0 Å². The van der Waals surface area contributed by atoms with Crippen molar-refractivity contribution in [1.82, 2.24) is 9.55 Å². The molecule has 1 atom stereocenters. The Morgan fingerprint density at radius 2 is 2.41 bits per heavy atom. The highest BCUT2D eigenvalue weighted by Crippen LogP contribution is 2.18. The summed E-state index contributed by atoms with van der Waals surface area (Å²) in [6.45, 7) is 1.14. The lowest BCUT2D eigenvalue weighted by atomic mass is 10.2. The maximum atomic E-state index is 13.7. The second kappa shape index (κ2) is 4.00. The first-order valence-corrected chi connectivity index (χ1v) is 5.74. The van der Waals surface area contributed by atoms with Gasteiger partial charge in [-0.25, -0.2) is 9.18 Å². The van der Waals surface area contributed by atoms with E-state index in [1.165, 1.54) is 10.6 Å². The van der Waals surface area contributed by atoms with Crippen LogP contribution in [0.1, 0.15) is 12.8 Å². The van der Waals surface area contributed by atoms with Crippen molar-refractivity contribution < 1.29 is 9.13 Å². The Bertz CT molecular complexity index is 596. The number of hydrogen-bond donors (Lipinski definition) is 1. The largest absolute Gasteiger partial charge is 0.376 e. The molecule has 1 aromatic heterocycles. The van der Waals surface area contributed by atoms with E-state index in [1.54, 1.807) is 12.1 Å². The lowest BCUT2D eigenvalue weighted by Crippen LogP contribution is -2.24. The molecule has 17 heavy (non-hydrogen) atoms. The zero-order chi connectivity index (χ0) is 11.8. The van der Waals surface area contributed by atoms with Crippen molar-refractivity contribution in [1.29, 1.82) is 0 Å². The summed E-state index contributed by atoms with van der Waals surface area (Å²) in [6, 6.07) is 4.65. The molecule has 1 aliphatic heterocycles. The topological polar surface area (TPSA) is 47.0 Å². The van der Waals surface area contributed by atoms with Gasteiger partial charge in [0, 0.05) is 6.61 Å². The van der Waals surface area contributed by atoms with Gasteiger partial charge in [-0.05, 0) is 25.0 Å². The van der Waals surface area contributed by atoms with Gasteiger partial charge in [0.15, 0.2) is 0 Å². The van der Waals surface area contributed by atoms with E-state index < -0.39 is 0 Å². The molecule has 0 spiro atoms. The Hall–Kier alpha value is -1.62. The third-order valence-corrected chi connectivity index (χ3v) is 3.15. The molecule has 0 aliphatic carbocycles. The third kappa shape index (κ3) is 1.76. The quantitative estimate of drug-likeness (QED) is 0.861. The number of aromatic nitrogens is 2. The van der Waals surface area contributed by atoms with Crippen LogP contribution in [0, 0.1) is 5.82 Å². The Morgan fingerprint density at radius 3 is 3.18 bits per heavy atom. The van der Waals surface area contributed by atoms with E-state index in [4.69, 9.17) is 4.74 Å². The molecule has 4 nitrogen and oxygen atoms in total. The van der Waals surface area contributed by atoms with Gasteiger partial charge in [0.1, 0.15) is 11.3 Å². The lowest BCUT2D eigenvalue weighted by molar-refractivity contribution is 0.0971. The average molecular weight is 236 g/mol. The minimum Gasteiger partial charge on any atom is -0.376 e. The SMILES string of the molecule is O=c1[nH]c2cccc(F)c2n1CC1CCCO1. The number of para-hydroxylation sites is 1. The monoisotopic (exact) mass is 236 g/mol. The molecule has 1 N–H and O–H groups in total. The van der Waals surface area contributed by atoms with E-state index in [9.17, 15) is 9.18 Å². The molecule has 1 fully saturated rings. The Morgan fingerprint density at radius 1 is 1.53 bits per heavy atom. The molecule has 0 amide bonds. The van der Waals surface area contributed by atoms with E-state index in [2.05, 4.69) is 4.98 Å². The van der Waals surface area contributed by atoms with Crippen molar-refractivity contribution in [2.75, 3.05) is 6.61 Å². The van der Waals surface area contributed by atoms with Gasteiger partial charge in [0.05, 0.1) is 18.2 Å². The summed E-state index contributed by atoms with van der Waals surface area (Å²) in [5, 5.41) is 0. The van der Waals surface area contributed by atoms with E-state index in [0.717, 1.165) is 19.4 Å². The number of fused-ring (bicyclic) bond motifs is 1. The first kappa shape index (κ1) is 10.5. The standard InChI is InChI=1S/C12H13FN2O2/c13-9-4-1-5-10-11(9)15(12(16)14-10)7-8-3-2-6-17-8/h1,4-5,8H,2-3,6-7H2,(H,14,16). The zero-order valence-corrected chi connectivity index (χ0v) is 9.28. The summed E-state index contributed by atoms with van der Waals surface area (Å²) in [6.07, 6.45) is 1.95. The van der Waals surface area contributed by atoms with Crippen LogP contribution >= 0.6 is 0 Å². The summed E-state index contributed by atoms with van der Waals surface area (Å²) in [4.78, 5) is 14.4. The van der Waals surface area contributed by atoms with Gasteiger partial charge in [-0.2, -0.15) is 0 Å². The number of ether oxygens (including phenoxy) is 1. The van der Waals surface area contributed by atoms with Crippen molar-refractivity contribution in [3.63, 3.8) is 0 Å². The molecule has 0 saturated carbocycles. The van der Waals surface area contributed by atoms with Gasteiger partial charge in [0.25, 0.3) is 0 Å². The van der Waals surface area contributed by atoms with Gasteiger partial charge < -0.3 is 9.72 Å². The first-order chi connectivity index (χ1) is 8.25. The van der Waals surface area contributed by atoms with E-state index in [1.807, 2.05) is 0 Å². The molecule has 0 radical (unpaired) electrons. The normalized spacial score (nSPS) is 20.2. The van der Waals surface area contributed by atoms with Gasteiger partial charge in [-0.15, -0.1) is 0 Å². The smallest absolute Gasteiger partial charge is 0.326 e. The fraction of sp³-hybridized carbons (Fsp3) is 0.417. The van der Waals surface area contributed by atoms with Crippen LogP contribution < -0.4 is 5.69 Å². The number of nitrogens with zero attached hydrogens (tertiary/aromatic N) is 1. The Labute approximate surface area is 97.0 Å². The fourth-order valence-electron chi connectivity index (χ4n) is 2.34. The molecule has 0 bridgehead atoms. The van der Waals surface area contributed by atoms with E-state index in [0.29, 0.717) is 17.6 Å². The minimum atomic E-state index is -0.376. The number of benzene rings is 1. The lowest BCUT2D eigenvalue weighted by Gasteiger charge is -2.10. The predicted octanol–water partition coefficient (Wildman–Crippen LogP) is 1.65. The maximum absolute atomic E-state index is 13.7. The first-order valence-electron chi connectivity index (χ1n) is 5.74. The number of aromatic amines is 1. The molecule has 2 heterocycles. The van der Waals surface area contributed by atoms with Gasteiger partial charge in [-0.1, -0.05) is 6.07 Å². The molecular weight excluding hydrogens is 223 g/mol. The van der Waals surface area contributed by atoms with Crippen LogP contribution in [0.3, 0.4) is 0 Å². The van der Waals surface area contributed by atoms with Crippen molar-refractivity contribution in [2.24, 2.45) is 0 Å². The van der Waals surface area contributed by atoms with Crippen LogP contribution in [-0.4, -0.2) is 22.3 Å². The highest BCUT2D eigenvalue weighted by atomic mass is 19.1. The number of halogens is 1. The van der Waals surface area contributed by atoms with Gasteiger partial charge >= 0.3 is 5.69 Å². The molecule has 3 rings (SSSR count). The van der Waals surface area contributed by atoms with Crippen molar-refractivity contribution >= 4 is 11.0 Å². The summed E-state index contributed by atoms with van der Waals surface area (Å²) in [5.74, 6) is -0.376. The summed E-state index contributed by atoms with van der Waals surface area (Å²) < 4.78 is 20.6. The van der Waals surface area contributed by atoms with Crippen molar-refractivity contribution in [3.8, 4) is 0 Å². The summed E-state index contributed by atoms with van der Waals surface area (Å²) in [7, 11) is 0. The second-order valence-electron chi connectivity index (χ2n) is 4.31. The van der Waals surface area contributed by atoms with Crippen LogP contribution in [0.25, 0.3) is 11.0 Å². The van der Waals surface area contributed by atoms with Crippen LogP contribution in [-0.2, 0) is 11.3 Å². The number of rotatable bonds is 2. The van der Waals surface area contributed by atoms with Crippen molar-refractivity contribution in [2.45, 2.75) is 25.5 Å². The molecule has 2 aromatic rings. The molecule has 5 heteroatoms. The Balaban J connectivity index is 2.08. The highest BCUT2D eigenvalue weighted by molar-refractivity contribution is 5.75. The third-order valence-electron chi connectivity index (χ3n) is 3.15. The number of H-pyrrole nitrogens is 1. The zero-order valence-electron chi connectivity index (χ0n) is 9.28. The van der Waals surface area contributed by atoms with Crippen LogP contribution in [0.4, 0.5) is 4.39 Å². The van der Waals surface area contributed by atoms with Crippen LogP contribution in [0.15, 0.2) is 23.0 Å². The van der Waals surface area contributed by atoms with Gasteiger partial charge in [0.2, 0.25) is 0 Å². The molecular formula is C12H13FN2O2. The second-order valence-corrected chi connectivity index (χ2v) is 4.31. The van der Waals surface area contributed by atoms with E-state index in [-0.39, 0.29) is 17.6 Å². The Kier molecular flexibility index (Phi) is 2.48. The average Bonchev–Trinajstić information content (AvgIpc) is 2.89. The molecule has 1 unspecified atom stereocenters. The van der Waals surface area contributed by atoms with Gasteiger partial charge in [-0.3, -0.25) is 4.57 Å². The minimum absolute atomic E-state index is 0.0197.